The van der Waals surface area contributed by atoms with Gasteiger partial charge in [-0.1, -0.05) is 48.5 Å². The van der Waals surface area contributed by atoms with Crippen LogP contribution in [0.25, 0.3) is 0 Å². The Labute approximate surface area is 128 Å². The second-order valence-corrected chi connectivity index (χ2v) is 6.21. The molecule has 2 aromatic rings. The molecule has 0 bridgehead atoms. The molecule has 21 heavy (non-hydrogen) atoms. The Morgan fingerprint density at radius 1 is 0.905 bits per heavy atom. The number of benzene rings is 2. The molecule has 0 aliphatic carbocycles. The van der Waals surface area contributed by atoms with E-state index in [0.717, 1.165) is 13.0 Å². The third-order valence-corrected chi connectivity index (χ3v) is 3.21. The van der Waals surface area contributed by atoms with E-state index in [1.54, 1.807) is 0 Å². The van der Waals surface area contributed by atoms with Gasteiger partial charge in [0.2, 0.25) is 0 Å². The van der Waals surface area contributed by atoms with E-state index in [1.165, 1.54) is 16.8 Å². The van der Waals surface area contributed by atoms with Gasteiger partial charge in [-0.25, -0.2) is 0 Å². The first-order valence-corrected chi connectivity index (χ1v) is 7.54. The zero-order chi connectivity index (χ0) is 15.1. The lowest BCUT2D eigenvalue weighted by Crippen LogP contribution is -2.23. The van der Waals surface area contributed by atoms with Crippen LogP contribution in [0, 0.1) is 0 Å². The third kappa shape index (κ3) is 5.60. The van der Waals surface area contributed by atoms with E-state index in [-0.39, 0.29) is 5.60 Å². The van der Waals surface area contributed by atoms with Gasteiger partial charge in [-0.2, -0.15) is 0 Å². The van der Waals surface area contributed by atoms with Gasteiger partial charge >= 0.3 is 0 Å². The number of para-hydroxylation sites is 1. The predicted molar refractivity (Wildman–Crippen MR) is 89.9 cm³/mol. The van der Waals surface area contributed by atoms with Gasteiger partial charge < -0.3 is 10.1 Å². The fourth-order valence-corrected chi connectivity index (χ4v) is 2.21. The molecule has 0 fully saturated rings. The van der Waals surface area contributed by atoms with Gasteiger partial charge in [-0.15, -0.1) is 0 Å². The van der Waals surface area contributed by atoms with Crippen LogP contribution in [0.4, 0.5) is 5.69 Å². The first-order chi connectivity index (χ1) is 10.0. The standard InChI is InChI=1S/C19H25NO/c1-19(2,3)21-14-13-20-18-12-8-7-11-17(18)15-16-9-5-4-6-10-16/h4-12,20H,13-15H2,1-3H3. The van der Waals surface area contributed by atoms with Gasteiger partial charge in [-0.05, 0) is 44.4 Å². The summed E-state index contributed by atoms with van der Waals surface area (Å²) in [6, 6.07) is 19.0. The van der Waals surface area contributed by atoms with E-state index in [9.17, 15) is 0 Å². The summed E-state index contributed by atoms with van der Waals surface area (Å²) in [5, 5.41) is 3.48. The first kappa shape index (κ1) is 15.6. The largest absolute Gasteiger partial charge is 0.382 e. The third-order valence-electron chi connectivity index (χ3n) is 3.21. The number of hydrogen-bond donors (Lipinski definition) is 1. The quantitative estimate of drug-likeness (QED) is 0.788. The van der Waals surface area contributed by atoms with Crippen molar-refractivity contribution in [1.29, 1.82) is 0 Å². The molecule has 0 saturated heterocycles. The Morgan fingerprint density at radius 3 is 2.29 bits per heavy atom. The highest BCUT2D eigenvalue weighted by atomic mass is 16.5. The lowest BCUT2D eigenvalue weighted by atomic mass is 10.0. The smallest absolute Gasteiger partial charge is 0.0646 e. The zero-order valence-corrected chi connectivity index (χ0v) is 13.2. The van der Waals surface area contributed by atoms with Crippen LogP contribution in [0.5, 0.6) is 0 Å². The average Bonchev–Trinajstić information content (AvgIpc) is 2.45. The highest BCUT2D eigenvalue weighted by Crippen LogP contribution is 2.19. The van der Waals surface area contributed by atoms with Crippen LogP contribution < -0.4 is 5.32 Å². The Hall–Kier alpha value is -1.80. The van der Waals surface area contributed by atoms with Gasteiger partial charge in [0.15, 0.2) is 0 Å². The normalized spacial score (nSPS) is 11.4. The van der Waals surface area contributed by atoms with Crippen LogP contribution >= 0.6 is 0 Å². The summed E-state index contributed by atoms with van der Waals surface area (Å²) in [4.78, 5) is 0. The summed E-state index contributed by atoms with van der Waals surface area (Å²) >= 11 is 0. The molecule has 2 aromatic carbocycles. The molecule has 2 nitrogen and oxygen atoms in total. The summed E-state index contributed by atoms with van der Waals surface area (Å²) in [6.45, 7) is 7.77. The minimum absolute atomic E-state index is 0.0781. The molecule has 2 rings (SSSR count). The molecule has 0 aliphatic rings. The monoisotopic (exact) mass is 283 g/mol. The van der Waals surface area contributed by atoms with Crippen LogP contribution in [-0.4, -0.2) is 18.8 Å². The topological polar surface area (TPSA) is 21.3 Å². The minimum atomic E-state index is -0.0781. The van der Waals surface area contributed by atoms with Gasteiger partial charge in [-0.3, -0.25) is 0 Å². The van der Waals surface area contributed by atoms with E-state index in [1.807, 2.05) is 0 Å². The number of rotatable bonds is 6. The minimum Gasteiger partial charge on any atom is -0.382 e. The summed E-state index contributed by atoms with van der Waals surface area (Å²) < 4.78 is 5.75. The van der Waals surface area contributed by atoms with Crippen molar-refractivity contribution in [3.8, 4) is 0 Å². The van der Waals surface area contributed by atoms with Crippen molar-refractivity contribution in [2.75, 3.05) is 18.5 Å². The van der Waals surface area contributed by atoms with Crippen molar-refractivity contribution >= 4 is 5.69 Å². The lowest BCUT2D eigenvalue weighted by molar-refractivity contribution is 0.00333. The average molecular weight is 283 g/mol. The summed E-state index contributed by atoms with van der Waals surface area (Å²) in [5.41, 5.74) is 3.77. The summed E-state index contributed by atoms with van der Waals surface area (Å²) in [6.07, 6.45) is 0.949. The second-order valence-electron chi connectivity index (χ2n) is 6.21. The number of anilines is 1. The molecule has 0 aromatic heterocycles. The van der Waals surface area contributed by atoms with Crippen LogP contribution in [0.3, 0.4) is 0 Å². The SMILES string of the molecule is CC(C)(C)OCCNc1ccccc1Cc1ccccc1. The van der Waals surface area contributed by atoms with Gasteiger partial charge in [0.25, 0.3) is 0 Å². The van der Waals surface area contributed by atoms with E-state index in [4.69, 9.17) is 4.74 Å². The van der Waals surface area contributed by atoms with Crippen molar-refractivity contribution in [3.63, 3.8) is 0 Å². The van der Waals surface area contributed by atoms with Crippen LogP contribution in [0.1, 0.15) is 31.9 Å². The molecule has 0 saturated carbocycles. The molecule has 0 heterocycles. The van der Waals surface area contributed by atoms with Gasteiger partial charge in [0, 0.05) is 12.2 Å². The highest BCUT2D eigenvalue weighted by molar-refractivity contribution is 5.52. The second kappa shape index (κ2) is 7.28. The molecule has 112 valence electrons. The van der Waals surface area contributed by atoms with E-state index >= 15 is 0 Å². The molecular formula is C19H25NO. The fraction of sp³-hybridized carbons (Fsp3) is 0.368. The fourth-order valence-electron chi connectivity index (χ4n) is 2.21. The van der Waals surface area contributed by atoms with E-state index < -0.39 is 0 Å². The molecule has 0 unspecified atom stereocenters. The molecular weight excluding hydrogens is 258 g/mol. The molecule has 0 amide bonds. The zero-order valence-electron chi connectivity index (χ0n) is 13.2. The maximum atomic E-state index is 5.75. The Balaban J connectivity index is 1.94. The number of ether oxygens (including phenoxy) is 1. The van der Waals surface area contributed by atoms with Crippen molar-refractivity contribution in [2.45, 2.75) is 32.8 Å². The van der Waals surface area contributed by atoms with Crippen LogP contribution in [0.15, 0.2) is 54.6 Å². The maximum Gasteiger partial charge on any atom is 0.0646 e. The molecule has 1 N–H and O–H groups in total. The Morgan fingerprint density at radius 2 is 1.57 bits per heavy atom. The van der Waals surface area contributed by atoms with Gasteiger partial charge in [0.05, 0.1) is 12.2 Å². The van der Waals surface area contributed by atoms with Crippen molar-refractivity contribution < 1.29 is 4.74 Å². The Kier molecular flexibility index (Phi) is 5.40. The summed E-state index contributed by atoms with van der Waals surface area (Å²) in [7, 11) is 0. The molecule has 0 aliphatic heterocycles. The molecule has 0 spiro atoms. The van der Waals surface area contributed by atoms with Gasteiger partial charge in [0.1, 0.15) is 0 Å². The van der Waals surface area contributed by atoms with Crippen molar-refractivity contribution in [2.24, 2.45) is 0 Å². The van der Waals surface area contributed by atoms with Crippen molar-refractivity contribution in [3.05, 3.63) is 65.7 Å². The molecule has 2 heteroatoms. The summed E-state index contributed by atoms with van der Waals surface area (Å²) in [5.74, 6) is 0. The van der Waals surface area contributed by atoms with E-state index in [0.29, 0.717) is 6.61 Å². The number of hydrogen-bond acceptors (Lipinski definition) is 2. The molecule has 0 radical (unpaired) electrons. The van der Waals surface area contributed by atoms with Crippen LogP contribution in [-0.2, 0) is 11.2 Å². The number of nitrogens with one attached hydrogen (secondary N) is 1. The van der Waals surface area contributed by atoms with Crippen LogP contribution in [0.2, 0.25) is 0 Å². The highest BCUT2D eigenvalue weighted by Gasteiger charge is 2.09. The predicted octanol–water partition coefficient (Wildman–Crippen LogP) is 4.50. The lowest BCUT2D eigenvalue weighted by Gasteiger charge is -2.20. The maximum absolute atomic E-state index is 5.75. The molecule has 0 atom stereocenters. The Bertz CT molecular complexity index is 543. The van der Waals surface area contributed by atoms with E-state index in [2.05, 4.69) is 80.7 Å². The first-order valence-electron chi connectivity index (χ1n) is 7.54. The van der Waals surface area contributed by atoms with Crippen molar-refractivity contribution in [1.82, 2.24) is 0 Å².